The van der Waals surface area contributed by atoms with Crippen molar-refractivity contribution in [3.8, 4) is 0 Å². The lowest BCUT2D eigenvalue weighted by atomic mass is 10.1. The normalized spacial score (nSPS) is 18.4. The maximum absolute atomic E-state index is 4.52. The summed E-state index contributed by atoms with van der Waals surface area (Å²) in [5.74, 6) is 1.25. The first kappa shape index (κ1) is 12.5. The summed E-state index contributed by atoms with van der Waals surface area (Å²) < 4.78 is 0. The Morgan fingerprint density at radius 1 is 1.27 bits per heavy atom. The Morgan fingerprint density at radius 2 is 2.13 bits per heavy atom. The highest BCUT2D eigenvalue weighted by molar-refractivity contribution is 5.82. The van der Waals surface area contributed by atoms with E-state index in [1.807, 2.05) is 0 Å². The number of aliphatic imine (C=N–C) groups is 1. The monoisotopic (exact) mass is 210 g/mol. The van der Waals surface area contributed by atoms with Crippen molar-refractivity contribution in [2.45, 2.75) is 71.3 Å². The lowest BCUT2D eigenvalue weighted by Crippen LogP contribution is -2.33. The van der Waals surface area contributed by atoms with Crippen molar-refractivity contribution < 1.29 is 0 Å². The fraction of sp³-hybridized carbons (Fsp3) is 0.923. The van der Waals surface area contributed by atoms with Crippen molar-refractivity contribution in [1.82, 2.24) is 5.32 Å². The summed E-state index contributed by atoms with van der Waals surface area (Å²) in [6, 6.07) is 0.610. The summed E-state index contributed by atoms with van der Waals surface area (Å²) in [5, 5.41) is 3.55. The quantitative estimate of drug-likeness (QED) is 0.666. The van der Waals surface area contributed by atoms with Gasteiger partial charge in [0.25, 0.3) is 0 Å². The minimum Gasteiger partial charge on any atom is -0.371 e. The van der Waals surface area contributed by atoms with Gasteiger partial charge in [-0.25, -0.2) is 0 Å². The van der Waals surface area contributed by atoms with Crippen LogP contribution in [0.1, 0.15) is 65.2 Å². The van der Waals surface area contributed by atoms with E-state index in [0.29, 0.717) is 6.04 Å². The number of nitrogens with zero attached hydrogens (tertiary/aromatic N) is 1. The Morgan fingerprint density at radius 3 is 2.80 bits per heavy atom. The van der Waals surface area contributed by atoms with Crippen LogP contribution in [-0.4, -0.2) is 18.4 Å². The van der Waals surface area contributed by atoms with E-state index in [9.17, 15) is 0 Å². The molecule has 0 saturated carbocycles. The largest absolute Gasteiger partial charge is 0.371 e. The van der Waals surface area contributed by atoms with Gasteiger partial charge >= 0.3 is 0 Å². The van der Waals surface area contributed by atoms with Crippen LogP contribution in [0.4, 0.5) is 0 Å². The van der Waals surface area contributed by atoms with Crippen LogP contribution in [0, 0.1) is 0 Å². The third kappa shape index (κ3) is 5.81. The molecular formula is C13H26N2. The van der Waals surface area contributed by atoms with Crippen LogP contribution in [0.3, 0.4) is 0 Å². The third-order valence-electron chi connectivity index (χ3n) is 3.03. The molecule has 15 heavy (non-hydrogen) atoms. The van der Waals surface area contributed by atoms with Gasteiger partial charge in [0.05, 0.1) is 5.84 Å². The van der Waals surface area contributed by atoms with Crippen LogP contribution >= 0.6 is 0 Å². The van der Waals surface area contributed by atoms with Gasteiger partial charge in [-0.1, -0.05) is 32.6 Å². The second-order valence-corrected chi connectivity index (χ2v) is 4.68. The molecular weight excluding hydrogens is 184 g/mol. The van der Waals surface area contributed by atoms with Crippen molar-refractivity contribution in [2.75, 3.05) is 6.54 Å². The Bertz CT molecular complexity index is 187. The van der Waals surface area contributed by atoms with Gasteiger partial charge < -0.3 is 5.32 Å². The first-order chi connectivity index (χ1) is 7.33. The summed E-state index contributed by atoms with van der Waals surface area (Å²) in [7, 11) is 0. The van der Waals surface area contributed by atoms with Crippen molar-refractivity contribution >= 4 is 5.84 Å². The van der Waals surface area contributed by atoms with Gasteiger partial charge in [-0.3, -0.25) is 4.99 Å². The Kier molecular flexibility index (Phi) is 6.45. The van der Waals surface area contributed by atoms with Gasteiger partial charge in [0.1, 0.15) is 0 Å². The van der Waals surface area contributed by atoms with Gasteiger partial charge in [-0.05, 0) is 26.2 Å². The van der Waals surface area contributed by atoms with E-state index in [1.54, 1.807) is 0 Å². The lowest BCUT2D eigenvalue weighted by Gasteiger charge is -2.19. The Labute approximate surface area is 94.6 Å². The zero-order valence-corrected chi connectivity index (χ0v) is 10.4. The molecule has 2 heteroatoms. The molecule has 0 radical (unpaired) electrons. The molecule has 2 nitrogen and oxygen atoms in total. The molecule has 0 bridgehead atoms. The van der Waals surface area contributed by atoms with Crippen LogP contribution in [0.15, 0.2) is 4.99 Å². The number of hydrogen-bond donors (Lipinski definition) is 1. The maximum atomic E-state index is 4.52. The average Bonchev–Trinajstić information content (AvgIpc) is 2.26. The highest BCUT2D eigenvalue weighted by Crippen LogP contribution is 2.08. The molecule has 1 N–H and O–H groups in total. The summed E-state index contributed by atoms with van der Waals surface area (Å²) >= 11 is 0. The molecule has 0 amide bonds. The second kappa shape index (κ2) is 7.72. The maximum Gasteiger partial charge on any atom is 0.0965 e. The number of unbranched alkanes of at least 4 members (excludes halogenated alkanes) is 3. The molecule has 1 aliphatic heterocycles. The molecule has 88 valence electrons. The van der Waals surface area contributed by atoms with Crippen molar-refractivity contribution in [2.24, 2.45) is 4.99 Å². The predicted molar refractivity (Wildman–Crippen MR) is 67.5 cm³/mol. The lowest BCUT2D eigenvalue weighted by molar-refractivity contribution is 0.535. The number of nitrogens with one attached hydrogen (secondary N) is 1. The first-order valence-electron chi connectivity index (χ1n) is 6.62. The standard InChI is InChI=1S/C13H26N2/c1-3-4-5-6-9-12(2)15-13-10-7-8-11-14-13/h12H,3-11H2,1-2H3,(H,14,15). The van der Waals surface area contributed by atoms with E-state index in [4.69, 9.17) is 0 Å². The van der Waals surface area contributed by atoms with E-state index >= 15 is 0 Å². The molecule has 0 aliphatic carbocycles. The van der Waals surface area contributed by atoms with Crippen molar-refractivity contribution in [3.05, 3.63) is 0 Å². The molecule has 0 aromatic rings. The smallest absolute Gasteiger partial charge is 0.0965 e. The van der Waals surface area contributed by atoms with Gasteiger partial charge in [0.2, 0.25) is 0 Å². The molecule has 0 aromatic carbocycles. The molecule has 1 atom stereocenters. The molecule has 0 saturated heterocycles. The fourth-order valence-corrected chi connectivity index (χ4v) is 2.05. The highest BCUT2D eigenvalue weighted by Gasteiger charge is 2.07. The molecule has 1 unspecified atom stereocenters. The molecule has 1 rings (SSSR count). The minimum absolute atomic E-state index is 0.610. The third-order valence-corrected chi connectivity index (χ3v) is 3.03. The highest BCUT2D eigenvalue weighted by atomic mass is 15.0. The van der Waals surface area contributed by atoms with Gasteiger partial charge in [0, 0.05) is 19.0 Å². The number of rotatable bonds is 6. The SMILES string of the molecule is CCCCCCC(C)NC1=NCCCC1. The summed E-state index contributed by atoms with van der Waals surface area (Å²) in [6.07, 6.45) is 10.5. The molecule has 0 spiro atoms. The number of hydrogen-bond acceptors (Lipinski definition) is 2. The van der Waals surface area contributed by atoms with Gasteiger partial charge in [0.15, 0.2) is 0 Å². The molecule has 1 heterocycles. The van der Waals surface area contributed by atoms with E-state index in [1.165, 1.54) is 57.2 Å². The van der Waals surface area contributed by atoms with E-state index < -0.39 is 0 Å². The van der Waals surface area contributed by atoms with Crippen LogP contribution < -0.4 is 5.32 Å². The van der Waals surface area contributed by atoms with Crippen LogP contribution in [0.2, 0.25) is 0 Å². The molecule has 0 fully saturated rings. The minimum atomic E-state index is 0.610. The van der Waals surface area contributed by atoms with Crippen molar-refractivity contribution in [1.29, 1.82) is 0 Å². The predicted octanol–water partition coefficient (Wildman–Crippen LogP) is 3.52. The van der Waals surface area contributed by atoms with Gasteiger partial charge in [-0.15, -0.1) is 0 Å². The van der Waals surface area contributed by atoms with Crippen LogP contribution in [0.25, 0.3) is 0 Å². The van der Waals surface area contributed by atoms with Crippen molar-refractivity contribution in [3.63, 3.8) is 0 Å². The average molecular weight is 210 g/mol. The molecule has 1 aliphatic rings. The summed E-state index contributed by atoms with van der Waals surface area (Å²) in [5.41, 5.74) is 0. The van der Waals surface area contributed by atoms with Gasteiger partial charge in [-0.2, -0.15) is 0 Å². The second-order valence-electron chi connectivity index (χ2n) is 4.68. The van der Waals surface area contributed by atoms with Crippen LogP contribution in [-0.2, 0) is 0 Å². The summed E-state index contributed by atoms with van der Waals surface area (Å²) in [6.45, 7) is 5.58. The van der Waals surface area contributed by atoms with E-state index in [2.05, 4.69) is 24.2 Å². The zero-order chi connectivity index (χ0) is 10.9. The topological polar surface area (TPSA) is 24.4 Å². The van der Waals surface area contributed by atoms with E-state index in [0.717, 1.165) is 6.54 Å². The number of amidine groups is 1. The Balaban J connectivity index is 2.06. The summed E-state index contributed by atoms with van der Waals surface area (Å²) in [4.78, 5) is 4.52. The van der Waals surface area contributed by atoms with E-state index in [-0.39, 0.29) is 0 Å². The molecule has 0 aromatic heterocycles. The Hall–Kier alpha value is -0.530. The fourth-order valence-electron chi connectivity index (χ4n) is 2.05. The first-order valence-corrected chi connectivity index (χ1v) is 6.62. The zero-order valence-electron chi connectivity index (χ0n) is 10.4. The van der Waals surface area contributed by atoms with Crippen LogP contribution in [0.5, 0.6) is 0 Å².